The van der Waals surface area contributed by atoms with E-state index in [4.69, 9.17) is 0 Å². The van der Waals surface area contributed by atoms with E-state index in [-0.39, 0.29) is 10.8 Å². The van der Waals surface area contributed by atoms with Crippen molar-refractivity contribution < 1.29 is 0 Å². The fourth-order valence-electron chi connectivity index (χ4n) is 16.0. The number of para-hydroxylation sites is 2. The molecule has 0 saturated heterocycles. The van der Waals surface area contributed by atoms with Gasteiger partial charge in [0.05, 0.1) is 16.8 Å². The van der Waals surface area contributed by atoms with Crippen molar-refractivity contribution in [1.29, 1.82) is 0 Å². The van der Waals surface area contributed by atoms with Crippen LogP contribution >= 0.6 is 0 Å². The fraction of sp³-hybridized carbons (Fsp3) is 0.0824. The van der Waals surface area contributed by atoms with Crippen LogP contribution in [-0.2, 0) is 16.2 Å². The zero-order chi connectivity index (χ0) is 58.2. The van der Waals surface area contributed by atoms with Gasteiger partial charge in [-0.3, -0.25) is 0 Å². The lowest BCUT2D eigenvalue weighted by molar-refractivity contribution is 0.660. The molecule has 0 aliphatic heterocycles. The van der Waals surface area contributed by atoms with E-state index in [2.05, 4.69) is 341 Å². The maximum Gasteiger partial charge on any atom is 0.0731 e. The predicted octanol–water partition coefficient (Wildman–Crippen LogP) is 22.6. The molecule has 0 N–H and O–H groups in total. The van der Waals surface area contributed by atoms with E-state index < -0.39 is 5.41 Å². The van der Waals surface area contributed by atoms with Crippen LogP contribution < -0.4 is 9.80 Å². The number of nitrogens with zero attached hydrogens (tertiary/aromatic N) is 2. The van der Waals surface area contributed by atoms with Crippen molar-refractivity contribution in [3.05, 3.63) is 348 Å². The Morgan fingerprint density at radius 1 is 0.207 bits per heavy atom. The molecule has 0 bridgehead atoms. The average molecular weight is 1110 g/mol. The molecule has 0 unspecified atom stereocenters. The van der Waals surface area contributed by atoms with Crippen LogP contribution in [-0.4, -0.2) is 0 Å². The number of benzene rings is 13. The number of hydrogen-bond acceptors (Lipinski definition) is 2. The number of anilines is 6. The molecule has 0 saturated carbocycles. The molecule has 0 aromatic heterocycles. The lowest BCUT2D eigenvalue weighted by Crippen LogP contribution is -2.26. The minimum atomic E-state index is -0.591. The molecule has 412 valence electrons. The van der Waals surface area contributed by atoms with Crippen molar-refractivity contribution in [1.82, 2.24) is 0 Å². The summed E-state index contributed by atoms with van der Waals surface area (Å²) in [6.07, 6.45) is 0. The van der Waals surface area contributed by atoms with Crippen molar-refractivity contribution in [3.63, 3.8) is 0 Å². The third-order valence-corrected chi connectivity index (χ3v) is 19.9. The Bertz CT molecular complexity index is 4670. The Morgan fingerprint density at radius 2 is 0.529 bits per heavy atom. The molecule has 1 spiro atoms. The summed E-state index contributed by atoms with van der Waals surface area (Å²) >= 11 is 0. The minimum absolute atomic E-state index is 0.236. The van der Waals surface area contributed by atoms with E-state index >= 15 is 0 Å². The van der Waals surface area contributed by atoms with Crippen LogP contribution in [0.15, 0.2) is 303 Å². The van der Waals surface area contributed by atoms with Crippen LogP contribution in [0, 0.1) is 0 Å². The maximum absolute atomic E-state index is 2.56. The average Bonchev–Trinajstić information content (AvgIpc) is 1.52. The summed E-state index contributed by atoms with van der Waals surface area (Å²) < 4.78 is 0. The molecule has 0 heterocycles. The van der Waals surface area contributed by atoms with Gasteiger partial charge in [-0.05, 0) is 166 Å². The number of fused-ring (bicyclic) bond motifs is 16. The molecular weight excluding hydrogens is 1050 g/mol. The molecule has 0 radical (unpaired) electrons. The topological polar surface area (TPSA) is 6.48 Å². The van der Waals surface area contributed by atoms with Gasteiger partial charge in [-0.1, -0.05) is 276 Å². The molecule has 4 aliphatic rings. The summed E-state index contributed by atoms with van der Waals surface area (Å²) in [5, 5.41) is 0. The molecule has 0 amide bonds. The van der Waals surface area contributed by atoms with Gasteiger partial charge in [0.2, 0.25) is 0 Å². The standard InChI is InChI=1S/C85H62N2/c1-83(2)73-39-18-11-32-65(73)70-48-46-58(53-78(70)83)86(80-44-23-16-30-62(80)55-26-7-5-8-27-55)60-50-57(64-37-25-38-72-69-36-15-22-43-77(69)85(82(64)72)75-41-20-13-34-67(75)68-35-14-21-42-76(68)85)51-61(52-60)87(81-45-24-17-31-63(81)56-28-9-6-10-29-56)59-47-49-71-66-33-12-19-40-74(66)84(3,4)79(71)54-59/h5-54H,1-4H3. The SMILES string of the molecule is CC1(C)c2ccccc2-c2ccc(N(c3cc(-c4cccc5c4C4(c6ccccc6-c6ccccc64)c4ccccc4-5)cc(N(c4ccc5c(c4)C(C)(C)c4ccccc4-5)c4ccccc4-c4ccccc4)c3)c3ccccc3-c3ccccc3)cc21. The summed E-state index contributed by atoms with van der Waals surface area (Å²) in [5.74, 6) is 0. The van der Waals surface area contributed by atoms with Gasteiger partial charge in [0.15, 0.2) is 0 Å². The zero-order valence-electron chi connectivity index (χ0n) is 49.3. The summed E-state index contributed by atoms with van der Waals surface area (Å²) in [4.78, 5) is 5.12. The van der Waals surface area contributed by atoms with Gasteiger partial charge < -0.3 is 9.80 Å². The molecule has 17 rings (SSSR count). The van der Waals surface area contributed by atoms with E-state index in [1.165, 1.54) is 94.6 Å². The first kappa shape index (κ1) is 50.9. The van der Waals surface area contributed by atoms with E-state index in [1.54, 1.807) is 0 Å². The first-order chi connectivity index (χ1) is 42.7. The van der Waals surface area contributed by atoms with E-state index in [0.717, 1.165) is 61.9 Å². The van der Waals surface area contributed by atoms with Crippen molar-refractivity contribution in [3.8, 4) is 77.9 Å². The third kappa shape index (κ3) is 7.41. The van der Waals surface area contributed by atoms with Gasteiger partial charge in [0, 0.05) is 44.7 Å². The summed E-state index contributed by atoms with van der Waals surface area (Å²) in [7, 11) is 0. The molecule has 2 nitrogen and oxygen atoms in total. The van der Waals surface area contributed by atoms with Crippen LogP contribution in [0.4, 0.5) is 34.1 Å². The van der Waals surface area contributed by atoms with Gasteiger partial charge in [-0.25, -0.2) is 0 Å². The van der Waals surface area contributed by atoms with Crippen LogP contribution in [0.3, 0.4) is 0 Å². The third-order valence-electron chi connectivity index (χ3n) is 19.9. The van der Waals surface area contributed by atoms with Crippen molar-refractivity contribution in [2.45, 2.75) is 43.9 Å². The van der Waals surface area contributed by atoms with Gasteiger partial charge in [0.25, 0.3) is 0 Å². The predicted molar refractivity (Wildman–Crippen MR) is 364 cm³/mol. The highest BCUT2D eigenvalue weighted by molar-refractivity contribution is 6.02. The van der Waals surface area contributed by atoms with Crippen molar-refractivity contribution in [2.24, 2.45) is 0 Å². The molecule has 4 aliphatic carbocycles. The Hall–Kier alpha value is -10.5. The molecule has 13 aromatic carbocycles. The van der Waals surface area contributed by atoms with Crippen LogP contribution in [0.1, 0.15) is 72.2 Å². The minimum Gasteiger partial charge on any atom is -0.310 e. The number of hydrogen-bond donors (Lipinski definition) is 0. The van der Waals surface area contributed by atoms with Gasteiger partial charge >= 0.3 is 0 Å². The van der Waals surface area contributed by atoms with Crippen molar-refractivity contribution >= 4 is 34.1 Å². The molecule has 87 heavy (non-hydrogen) atoms. The molecule has 0 fully saturated rings. The van der Waals surface area contributed by atoms with Gasteiger partial charge in [-0.2, -0.15) is 0 Å². The highest BCUT2D eigenvalue weighted by Crippen LogP contribution is 2.65. The van der Waals surface area contributed by atoms with E-state index in [1.807, 2.05) is 0 Å². The smallest absolute Gasteiger partial charge is 0.0731 e. The number of rotatable bonds is 9. The molecule has 0 atom stereocenters. The second-order valence-corrected chi connectivity index (χ2v) is 25.1. The lowest BCUT2D eigenvalue weighted by atomic mass is 9.68. The Kier molecular flexibility index (Phi) is 11.3. The first-order valence-corrected chi connectivity index (χ1v) is 30.7. The largest absolute Gasteiger partial charge is 0.310 e. The quantitative estimate of drug-likeness (QED) is 0.142. The Morgan fingerprint density at radius 3 is 0.966 bits per heavy atom. The van der Waals surface area contributed by atoms with E-state index in [0.29, 0.717) is 0 Å². The van der Waals surface area contributed by atoms with Crippen LogP contribution in [0.2, 0.25) is 0 Å². The molecule has 2 heteroatoms. The summed E-state index contributed by atoms with van der Waals surface area (Å²) in [5.41, 5.74) is 33.3. The van der Waals surface area contributed by atoms with Gasteiger partial charge in [0.1, 0.15) is 0 Å². The second kappa shape index (κ2) is 19.2. The Labute approximate surface area is 510 Å². The highest BCUT2D eigenvalue weighted by atomic mass is 15.2. The monoisotopic (exact) mass is 1110 g/mol. The van der Waals surface area contributed by atoms with Crippen molar-refractivity contribution in [2.75, 3.05) is 9.80 Å². The highest BCUT2D eigenvalue weighted by Gasteiger charge is 2.53. The zero-order valence-corrected chi connectivity index (χ0v) is 49.3. The van der Waals surface area contributed by atoms with E-state index in [9.17, 15) is 0 Å². The summed E-state index contributed by atoms with van der Waals surface area (Å²) in [6, 6.07) is 114. The second-order valence-electron chi connectivity index (χ2n) is 25.1. The van der Waals surface area contributed by atoms with Crippen LogP contribution in [0.5, 0.6) is 0 Å². The first-order valence-electron chi connectivity index (χ1n) is 30.7. The Balaban J connectivity index is 1.000. The molecule has 13 aromatic rings. The normalized spacial score (nSPS) is 14.3. The fourth-order valence-corrected chi connectivity index (χ4v) is 16.0. The summed E-state index contributed by atoms with van der Waals surface area (Å²) in [6.45, 7) is 9.57. The van der Waals surface area contributed by atoms with Gasteiger partial charge in [-0.15, -0.1) is 0 Å². The van der Waals surface area contributed by atoms with Crippen LogP contribution in [0.25, 0.3) is 77.9 Å². The molecular formula is C85H62N2. The lowest BCUT2D eigenvalue weighted by Gasteiger charge is -2.34. The maximum atomic E-state index is 2.56.